The minimum atomic E-state index is -5.19. The van der Waals surface area contributed by atoms with E-state index in [1.54, 1.807) is 0 Å². The average molecular weight is 421 g/mol. The van der Waals surface area contributed by atoms with Crippen molar-refractivity contribution < 1.29 is 42.3 Å². The molecule has 0 spiro atoms. The number of hydrogen-bond acceptors (Lipinski definition) is 2. The maximum Gasteiger partial charge on any atom is 0.430 e. The topological polar surface area (TPSA) is 40.1 Å². The first-order valence-electron chi connectivity index (χ1n) is 6.50. The zero-order valence-electron chi connectivity index (χ0n) is 13.4. The molecule has 0 aliphatic carbocycles. The summed E-state index contributed by atoms with van der Waals surface area (Å²) >= 11 is 2.92. The van der Waals surface area contributed by atoms with Crippen molar-refractivity contribution in [3.63, 3.8) is 0 Å². The predicted octanol–water partition coefficient (Wildman–Crippen LogP) is 4.13. The number of carbonyl (C=O) groups is 1. The smallest absolute Gasteiger partial charge is 0.430 e. The van der Waals surface area contributed by atoms with E-state index in [-0.39, 0.29) is 7.92 Å². The molecule has 0 atom stereocenters. The molecule has 0 aliphatic heterocycles. The first-order valence-corrected chi connectivity index (χ1v) is 9.15. The number of carboxylic acids is 1. The number of carbonyl (C=O) groups excluding carboxylic acids is 1. The quantitative estimate of drug-likeness (QED) is 0.390. The van der Waals surface area contributed by atoms with Crippen LogP contribution in [0.1, 0.15) is 41.5 Å². The third-order valence-electron chi connectivity index (χ3n) is 2.11. The van der Waals surface area contributed by atoms with Crippen molar-refractivity contribution >= 4 is 13.9 Å². The molecule has 0 amide bonds. The van der Waals surface area contributed by atoms with Crippen molar-refractivity contribution in [2.75, 3.05) is 0 Å². The molecule has 0 aromatic heterocycles. The Morgan fingerprint density at radius 3 is 1.33 bits per heavy atom. The molecule has 0 unspecified atom stereocenters. The number of aliphatic carboxylic acids is 1. The summed E-state index contributed by atoms with van der Waals surface area (Å²) in [5.41, 5.74) is 2.69. The van der Waals surface area contributed by atoms with Crippen LogP contribution in [0.2, 0.25) is 4.89 Å². The molecular formula is C14H26F3O2PPd. The number of carboxylic acid groups (broad SMARTS) is 1. The van der Waals surface area contributed by atoms with Crippen LogP contribution in [0.25, 0.3) is 0 Å². The van der Waals surface area contributed by atoms with Gasteiger partial charge in [0, 0.05) is 0 Å². The standard InChI is InChI=1S/C9H21P.C3H5.C2HF3O2.Pd/c1-7(2)10(8(3)4)9(5)6;1-3-2;3-2(4,5)1(6)7;/h7-9H,1-6H3;3H,1-2H2;(H,6,7);/q;;;+1/p-1. The molecule has 0 saturated heterocycles. The van der Waals surface area contributed by atoms with E-state index in [0.29, 0.717) is 0 Å². The summed E-state index contributed by atoms with van der Waals surface area (Å²) in [5.74, 6) is -3.01. The Morgan fingerprint density at radius 1 is 1.14 bits per heavy atom. The van der Waals surface area contributed by atoms with E-state index in [4.69, 9.17) is 9.90 Å². The van der Waals surface area contributed by atoms with Crippen LogP contribution < -0.4 is 5.11 Å². The second-order valence-electron chi connectivity index (χ2n) is 4.93. The van der Waals surface area contributed by atoms with Gasteiger partial charge in [-0.3, -0.25) is 0 Å². The van der Waals surface area contributed by atoms with Crippen molar-refractivity contribution in [1.29, 1.82) is 0 Å². The van der Waals surface area contributed by atoms with E-state index < -0.39 is 12.1 Å². The fraction of sp³-hybridized carbons (Fsp3) is 0.786. The van der Waals surface area contributed by atoms with E-state index in [1.165, 1.54) is 0 Å². The summed E-state index contributed by atoms with van der Waals surface area (Å²) < 4.78 is 31.5. The molecule has 130 valence electrons. The zero-order valence-corrected chi connectivity index (χ0v) is 15.9. The first-order chi connectivity index (χ1) is 9.32. The number of halogens is 3. The number of hydrogen-bond donors (Lipinski definition) is 0. The van der Waals surface area contributed by atoms with Gasteiger partial charge in [0.15, 0.2) is 0 Å². The molecular weight excluding hydrogens is 395 g/mol. The SMILES string of the molecule is C=C[CH2][Pd+].CC(C)P(C(C)C)C(C)C.O=C([O-])C(F)(F)F. The van der Waals surface area contributed by atoms with Gasteiger partial charge in [-0.15, -0.1) is 0 Å². The minimum absolute atomic E-state index is 0.262. The molecule has 0 aromatic carbocycles. The maximum absolute atomic E-state index is 10.5. The number of alkyl halides is 3. The summed E-state index contributed by atoms with van der Waals surface area (Å²) in [6, 6.07) is 0. The van der Waals surface area contributed by atoms with Crippen LogP contribution in [-0.2, 0) is 24.0 Å². The van der Waals surface area contributed by atoms with Gasteiger partial charge in [-0.1, -0.05) is 49.5 Å². The largest absolute Gasteiger partial charge is 0.542 e. The van der Waals surface area contributed by atoms with Gasteiger partial charge in [-0.2, -0.15) is 13.2 Å². The van der Waals surface area contributed by atoms with Crippen molar-refractivity contribution in [2.45, 2.75) is 69.6 Å². The van der Waals surface area contributed by atoms with Gasteiger partial charge in [-0.25, -0.2) is 0 Å². The van der Waals surface area contributed by atoms with Gasteiger partial charge in [0.2, 0.25) is 0 Å². The van der Waals surface area contributed by atoms with Crippen LogP contribution in [0.15, 0.2) is 12.7 Å². The van der Waals surface area contributed by atoms with Crippen LogP contribution in [0.5, 0.6) is 0 Å². The molecule has 0 rings (SSSR count). The summed E-state index contributed by atoms with van der Waals surface area (Å²) in [5, 5.41) is 8.78. The van der Waals surface area contributed by atoms with Gasteiger partial charge >= 0.3 is 42.9 Å². The summed E-state index contributed by atoms with van der Waals surface area (Å²) in [6.45, 7) is 17.6. The molecule has 0 fully saturated rings. The second-order valence-corrected chi connectivity index (χ2v) is 9.56. The molecule has 0 radical (unpaired) electrons. The van der Waals surface area contributed by atoms with Gasteiger partial charge in [0.05, 0.1) is 0 Å². The Hall–Kier alpha value is 0.0923. The fourth-order valence-corrected chi connectivity index (χ4v) is 5.37. The van der Waals surface area contributed by atoms with Crippen molar-refractivity contribution in [3.8, 4) is 0 Å². The van der Waals surface area contributed by atoms with Crippen LogP contribution in [0.3, 0.4) is 0 Å². The van der Waals surface area contributed by atoms with Gasteiger partial charge < -0.3 is 9.90 Å². The Kier molecular flexibility index (Phi) is 17.0. The maximum atomic E-state index is 10.5. The van der Waals surface area contributed by atoms with Gasteiger partial charge in [0.1, 0.15) is 5.97 Å². The Balaban J connectivity index is -0.000000256. The summed E-state index contributed by atoms with van der Waals surface area (Å²) in [7, 11) is 0.262. The predicted molar refractivity (Wildman–Crippen MR) is 78.4 cm³/mol. The first kappa shape index (κ1) is 26.0. The van der Waals surface area contributed by atoms with Crippen LogP contribution in [0.4, 0.5) is 13.2 Å². The van der Waals surface area contributed by atoms with Crippen LogP contribution in [0, 0.1) is 0 Å². The van der Waals surface area contributed by atoms with E-state index >= 15 is 0 Å². The number of allylic oxidation sites excluding steroid dienone is 1. The summed E-state index contributed by atoms with van der Waals surface area (Å²) in [6.07, 6.45) is -3.39. The third kappa shape index (κ3) is 18.0. The summed E-state index contributed by atoms with van der Waals surface area (Å²) in [4.78, 5) is 9.72. The van der Waals surface area contributed by atoms with Crippen molar-refractivity contribution in [2.24, 2.45) is 0 Å². The van der Waals surface area contributed by atoms with Gasteiger partial charge in [-0.05, 0) is 17.0 Å². The van der Waals surface area contributed by atoms with Crippen LogP contribution in [-0.4, -0.2) is 29.1 Å². The Bertz CT molecular complexity index is 261. The van der Waals surface area contributed by atoms with E-state index in [1.807, 2.05) is 6.08 Å². The van der Waals surface area contributed by atoms with Gasteiger partial charge in [0.25, 0.3) is 0 Å². The normalized spacial score (nSPS) is 11.0. The third-order valence-corrected chi connectivity index (χ3v) is 6.14. The molecule has 0 aromatic rings. The molecule has 2 nitrogen and oxygen atoms in total. The molecule has 21 heavy (non-hydrogen) atoms. The van der Waals surface area contributed by atoms with Crippen molar-refractivity contribution in [3.05, 3.63) is 12.7 Å². The molecule has 0 N–H and O–H groups in total. The molecule has 7 heteroatoms. The van der Waals surface area contributed by atoms with E-state index in [9.17, 15) is 13.2 Å². The second kappa shape index (κ2) is 13.7. The van der Waals surface area contributed by atoms with Crippen molar-refractivity contribution in [1.82, 2.24) is 0 Å². The minimum Gasteiger partial charge on any atom is -0.542 e. The molecule has 0 aliphatic rings. The molecule has 0 heterocycles. The zero-order chi connectivity index (χ0) is 17.8. The Morgan fingerprint density at radius 2 is 1.33 bits per heavy atom. The monoisotopic (exact) mass is 420 g/mol. The van der Waals surface area contributed by atoms with E-state index in [0.717, 1.165) is 21.9 Å². The Labute approximate surface area is 138 Å². The van der Waals surface area contributed by atoms with Crippen LogP contribution >= 0.6 is 7.92 Å². The van der Waals surface area contributed by atoms with E-state index in [2.05, 4.69) is 67.3 Å². The molecule has 0 saturated carbocycles. The molecule has 0 bridgehead atoms. The number of rotatable bonds is 4. The average Bonchev–Trinajstić information content (AvgIpc) is 2.27. The fourth-order valence-electron chi connectivity index (χ4n) is 1.79.